The maximum Gasteiger partial charge on any atom is 0.223 e. The molecule has 3 heteroatoms. The van der Waals surface area contributed by atoms with E-state index in [0.29, 0.717) is 6.54 Å². The summed E-state index contributed by atoms with van der Waals surface area (Å²) in [7, 11) is 0. The molecule has 0 saturated heterocycles. The van der Waals surface area contributed by atoms with Crippen LogP contribution >= 0.6 is 0 Å². The number of carbonyl (C=O) groups is 1. The highest BCUT2D eigenvalue weighted by molar-refractivity contribution is 5.79. The fraction of sp³-hybridized carbons (Fsp3) is 0.562. The largest absolute Gasteiger partial charge is 0.355 e. The first-order chi connectivity index (χ1) is 8.99. The van der Waals surface area contributed by atoms with E-state index >= 15 is 0 Å². The van der Waals surface area contributed by atoms with Gasteiger partial charge in [0, 0.05) is 23.9 Å². The molecule has 1 aliphatic carbocycles. The molecule has 0 aliphatic heterocycles. The SMILES string of the molecule is CC(C)(CNC(=O)C1CCC(N)C1)c1ccccc1. The van der Waals surface area contributed by atoms with E-state index in [4.69, 9.17) is 5.73 Å². The number of amides is 1. The van der Waals surface area contributed by atoms with Crippen molar-refractivity contribution in [1.29, 1.82) is 0 Å². The third-order valence-electron chi connectivity index (χ3n) is 4.10. The van der Waals surface area contributed by atoms with Gasteiger partial charge in [0.05, 0.1) is 0 Å². The lowest BCUT2D eigenvalue weighted by Gasteiger charge is -2.26. The molecule has 1 saturated carbocycles. The van der Waals surface area contributed by atoms with E-state index in [1.807, 2.05) is 18.2 Å². The molecule has 1 fully saturated rings. The highest BCUT2D eigenvalue weighted by Gasteiger charge is 2.29. The average molecular weight is 260 g/mol. The van der Waals surface area contributed by atoms with Crippen molar-refractivity contribution in [1.82, 2.24) is 5.32 Å². The smallest absolute Gasteiger partial charge is 0.223 e. The van der Waals surface area contributed by atoms with E-state index in [1.54, 1.807) is 0 Å². The summed E-state index contributed by atoms with van der Waals surface area (Å²) in [5.74, 6) is 0.276. The number of nitrogens with two attached hydrogens (primary N) is 1. The minimum Gasteiger partial charge on any atom is -0.355 e. The first kappa shape index (κ1) is 14.1. The summed E-state index contributed by atoms with van der Waals surface area (Å²) in [4.78, 5) is 12.1. The molecular weight excluding hydrogens is 236 g/mol. The second-order valence-electron chi connectivity index (χ2n) is 6.24. The van der Waals surface area contributed by atoms with Gasteiger partial charge in [0.1, 0.15) is 0 Å². The third kappa shape index (κ3) is 3.57. The first-order valence-corrected chi connectivity index (χ1v) is 7.08. The molecule has 3 nitrogen and oxygen atoms in total. The maximum atomic E-state index is 12.1. The van der Waals surface area contributed by atoms with E-state index in [0.717, 1.165) is 19.3 Å². The van der Waals surface area contributed by atoms with Gasteiger partial charge in [0.2, 0.25) is 5.91 Å². The first-order valence-electron chi connectivity index (χ1n) is 7.08. The molecule has 0 spiro atoms. The van der Waals surface area contributed by atoms with Crippen LogP contribution < -0.4 is 11.1 Å². The molecule has 0 radical (unpaired) electrons. The van der Waals surface area contributed by atoms with Crippen molar-refractivity contribution in [3.05, 3.63) is 35.9 Å². The molecule has 1 amide bonds. The summed E-state index contributed by atoms with van der Waals surface area (Å²) in [6.45, 7) is 4.98. The van der Waals surface area contributed by atoms with Gasteiger partial charge in [0.15, 0.2) is 0 Å². The molecule has 0 bridgehead atoms. The van der Waals surface area contributed by atoms with Crippen molar-refractivity contribution in [3.63, 3.8) is 0 Å². The Kier molecular flexibility index (Phi) is 4.25. The van der Waals surface area contributed by atoms with Gasteiger partial charge in [-0.3, -0.25) is 4.79 Å². The molecule has 1 aliphatic rings. The standard InChI is InChI=1S/C16H24N2O/c1-16(2,13-6-4-3-5-7-13)11-18-15(19)12-8-9-14(17)10-12/h3-7,12,14H,8-11,17H2,1-2H3,(H,18,19). The van der Waals surface area contributed by atoms with Gasteiger partial charge in [-0.2, -0.15) is 0 Å². The fourth-order valence-electron chi connectivity index (χ4n) is 2.70. The van der Waals surface area contributed by atoms with Gasteiger partial charge in [0.25, 0.3) is 0 Å². The topological polar surface area (TPSA) is 55.1 Å². The third-order valence-corrected chi connectivity index (χ3v) is 4.10. The predicted molar refractivity (Wildman–Crippen MR) is 77.8 cm³/mol. The van der Waals surface area contributed by atoms with Crippen molar-refractivity contribution in [2.75, 3.05) is 6.54 Å². The molecule has 19 heavy (non-hydrogen) atoms. The second-order valence-corrected chi connectivity index (χ2v) is 6.24. The van der Waals surface area contributed by atoms with Crippen molar-refractivity contribution in [2.24, 2.45) is 11.7 Å². The molecule has 1 aromatic carbocycles. The summed E-state index contributed by atoms with van der Waals surface area (Å²) < 4.78 is 0. The maximum absolute atomic E-state index is 12.1. The minimum absolute atomic E-state index is 0.0440. The summed E-state index contributed by atoms with van der Waals surface area (Å²) in [6.07, 6.45) is 2.73. The lowest BCUT2D eigenvalue weighted by Crippen LogP contribution is -2.39. The minimum atomic E-state index is -0.0440. The van der Waals surface area contributed by atoms with E-state index in [9.17, 15) is 4.79 Å². The molecule has 2 unspecified atom stereocenters. The van der Waals surface area contributed by atoms with Crippen LogP contribution in [0.15, 0.2) is 30.3 Å². The molecule has 2 atom stereocenters. The van der Waals surface area contributed by atoms with E-state index in [2.05, 4.69) is 31.3 Å². The quantitative estimate of drug-likeness (QED) is 0.872. The fourth-order valence-corrected chi connectivity index (χ4v) is 2.70. The molecule has 104 valence electrons. The Balaban J connectivity index is 1.89. The van der Waals surface area contributed by atoms with Crippen LogP contribution in [-0.2, 0) is 10.2 Å². The van der Waals surface area contributed by atoms with Crippen LogP contribution in [0, 0.1) is 5.92 Å². The lowest BCUT2D eigenvalue weighted by molar-refractivity contribution is -0.125. The Bertz CT molecular complexity index is 428. The van der Waals surface area contributed by atoms with Gasteiger partial charge in [-0.15, -0.1) is 0 Å². The monoisotopic (exact) mass is 260 g/mol. The van der Waals surface area contributed by atoms with Crippen LogP contribution in [-0.4, -0.2) is 18.5 Å². The Hall–Kier alpha value is -1.35. The molecule has 2 rings (SSSR count). The summed E-state index contributed by atoms with van der Waals surface area (Å²) in [5, 5.41) is 3.09. The Morgan fingerprint density at radius 1 is 1.32 bits per heavy atom. The van der Waals surface area contributed by atoms with Gasteiger partial charge < -0.3 is 11.1 Å². The van der Waals surface area contributed by atoms with Crippen LogP contribution in [0.3, 0.4) is 0 Å². The van der Waals surface area contributed by atoms with E-state index in [1.165, 1.54) is 5.56 Å². The number of nitrogens with one attached hydrogen (secondary N) is 1. The zero-order chi connectivity index (χ0) is 13.9. The van der Waals surface area contributed by atoms with Crippen LogP contribution in [0.4, 0.5) is 0 Å². The number of benzene rings is 1. The lowest BCUT2D eigenvalue weighted by atomic mass is 9.84. The van der Waals surface area contributed by atoms with Crippen molar-refractivity contribution in [3.8, 4) is 0 Å². The molecule has 0 heterocycles. The average Bonchev–Trinajstić information content (AvgIpc) is 2.84. The molecular formula is C16H24N2O. The number of carbonyl (C=O) groups excluding carboxylic acids is 1. The normalized spacial score (nSPS) is 23.3. The van der Waals surface area contributed by atoms with E-state index in [-0.39, 0.29) is 23.3 Å². The zero-order valence-electron chi connectivity index (χ0n) is 11.9. The predicted octanol–water partition coefficient (Wildman–Crippen LogP) is 2.21. The van der Waals surface area contributed by atoms with Crippen molar-refractivity contribution >= 4 is 5.91 Å². The molecule has 1 aromatic rings. The van der Waals surface area contributed by atoms with Crippen LogP contribution in [0.1, 0.15) is 38.7 Å². The summed E-state index contributed by atoms with van der Waals surface area (Å²) >= 11 is 0. The molecule has 3 N–H and O–H groups in total. The van der Waals surface area contributed by atoms with Gasteiger partial charge >= 0.3 is 0 Å². The molecule has 0 aromatic heterocycles. The summed E-state index contributed by atoms with van der Waals surface area (Å²) in [5.41, 5.74) is 7.06. The van der Waals surface area contributed by atoms with E-state index < -0.39 is 0 Å². The van der Waals surface area contributed by atoms with Crippen LogP contribution in [0.2, 0.25) is 0 Å². The van der Waals surface area contributed by atoms with Gasteiger partial charge in [-0.25, -0.2) is 0 Å². The summed E-state index contributed by atoms with van der Waals surface area (Å²) in [6, 6.07) is 10.5. The van der Waals surface area contributed by atoms with Crippen molar-refractivity contribution < 1.29 is 4.79 Å². The van der Waals surface area contributed by atoms with Crippen LogP contribution in [0.25, 0.3) is 0 Å². The Labute approximate surface area is 115 Å². The van der Waals surface area contributed by atoms with Gasteiger partial charge in [-0.05, 0) is 24.8 Å². The Morgan fingerprint density at radius 3 is 2.58 bits per heavy atom. The van der Waals surface area contributed by atoms with Gasteiger partial charge in [-0.1, -0.05) is 44.2 Å². The van der Waals surface area contributed by atoms with Crippen LogP contribution in [0.5, 0.6) is 0 Å². The number of hydrogen-bond acceptors (Lipinski definition) is 2. The second kappa shape index (κ2) is 5.74. The number of rotatable bonds is 4. The Morgan fingerprint density at radius 2 is 2.00 bits per heavy atom. The number of hydrogen-bond donors (Lipinski definition) is 2. The van der Waals surface area contributed by atoms with Crippen molar-refractivity contribution in [2.45, 2.75) is 44.6 Å². The highest BCUT2D eigenvalue weighted by atomic mass is 16.1. The highest BCUT2D eigenvalue weighted by Crippen LogP contribution is 2.25. The zero-order valence-corrected chi connectivity index (χ0v) is 11.9.